The maximum absolute atomic E-state index is 12.4. The lowest BCUT2D eigenvalue weighted by Crippen LogP contribution is -2.29. The van der Waals surface area contributed by atoms with E-state index in [1.165, 1.54) is 0 Å². The van der Waals surface area contributed by atoms with Gasteiger partial charge in [-0.2, -0.15) is 4.98 Å². The highest BCUT2D eigenvalue weighted by Gasteiger charge is 2.13. The summed E-state index contributed by atoms with van der Waals surface area (Å²) in [6.07, 6.45) is 4.14. The van der Waals surface area contributed by atoms with Crippen LogP contribution in [0.1, 0.15) is 30.6 Å². The second-order valence-electron chi connectivity index (χ2n) is 5.68. The Morgan fingerprint density at radius 2 is 1.93 bits per heavy atom. The third-order valence-corrected chi connectivity index (χ3v) is 3.61. The molecule has 2 aromatic heterocycles. The minimum atomic E-state index is -0.383. The Bertz CT molecular complexity index is 914. The molecule has 0 aliphatic heterocycles. The van der Waals surface area contributed by atoms with Crippen LogP contribution in [-0.4, -0.2) is 34.2 Å². The quantitative estimate of drug-likeness (QED) is 0.542. The van der Waals surface area contributed by atoms with Crippen molar-refractivity contribution in [2.45, 2.75) is 20.3 Å². The molecule has 28 heavy (non-hydrogen) atoms. The van der Waals surface area contributed by atoms with E-state index in [0.717, 1.165) is 12.0 Å². The van der Waals surface area contributed by atoms with Gasteiger partial charge in [-0.15, -0.1) is 0 Å². The lowest BCUT2D eigenvalue weighted by Gasteiger charge is -2.13. The van der Waals surface area contributed by atoms with Crippen LogP contribution < -0.4 is 20.3 Å². The van der Waals surface area contributed by atoms with Gasteiger partial charge in [0.1, 0.15) is 0 Å². The second kappa shape index (κ2) is 9.36. The van der Waals surface area contributed by atoms with Crippen LogP contribution in [-0.2, 0) is 0 Å². The number of carbonyl (C=O) groups is 1. The third kappa shape index (κ3) is 4.76. The summed E-state index contributed by atoms with van der Waals surface area (Å²) in [6.45, 7) is 4.93. The molecule has 3 aromatic rings. The van der Waals surface area contributed by atoms with Gasteiger partial charge in [-0.3, -0.25) is 15.2 Å². The highest BCUT2D eigenvalue weighted by atomic mass is 16.5. The molecule has 146 valence electrons. The van der Waals surface area contributed by atoms with Crippen molar-refractivity contribution in [3.63, 3.8) is 0 Å². The smallest absolute Gasteiger partial charge is 0.340 e. The Balaban J connectivity index is 1.64. The molecule has 0 aliphatic carbocycles. The van der Waals surface area contributed by atoms with Crippen LogP contribution in [0.15, 0.2) is 47.2 Å². The number of pyridine rings is 1. The van der Waals surface area contributed by atoms with E-state index in [1.54, 1.807) is 42.7 Å². The molecule has 2 N–H and O–H groups in total. The molecule has 0 atom stereocenters. The van der Waals surface area contributed by atoms with E-state index in [2.05, 4.69) is 26.0 Å². The maximum atomic E-state index is 12.4. The van der Waals surface area contributed by atoms with Gasteiger partial charge < -0.3 is 14.0 Å². The lowest BCUT2D eigenvalue weighted by molar-refractivity contribution is 0.0960. The fourth-order valence-electron chi connectivity index (χ4n) is 2.32. The molecule has 0 bridgehead atoms. The second-order valence-corrected chi connectivity index (χ2v) is 5.68. The Labute approximate surface area is 162 Å². The van der Waals surface area contributed by atoms with Gasteiger partial charge in [0.2, 0.25) is 5.82 Å². The van der Waals surface area contributed by atoms with Gasteiger partial charge in [0.25, 0.3) is 5.91 Å². The summed E-state index contributed by atoms with van der Waals surface area (Å²) in [7, 11) is 0. The van der Waals surface area contributed by atoms with Crippen LogP contribution in [0.3, 0.4) is 0 Å². The molecule has 0 unspecified atom stereocenters. The van der Waals surface area contributed by atoms with Crippen molar-refractivity contribution in [1.29, 1.82) is 0 Å². The highest BCUT2D eigenvalue weighted by molar-refractivity contribution is 5.95. The third-order valence-electron chi connectivity index (χ3n) is 3.61. The molecule has 0 spiro atoms. The number of benzene rings is 1. The topological polar surface area (TPSA) is 111 Å². The van der Waals surface area contributed by atoms with E-state index in [9.17, 15) is 4.79 Å². The van der Waals surface area contributed by atoms with Gasteiger partial charge in [0.15, 0.2) is 11.5 Å². The number of ether oxygens (including phenoxy) is 2. The van der Waals surface area contributed by atoms with Crippen molar-refractivity contribution in [2.24, 2.45) is 0 Å². The molecule has 0 radical (unpaired) electrons. The van der Waals surface area contributed by atoms with Crippen LogP contribution in [0, 0.1) is 0 Å². The van der Waals surface area contributed by atoms with E-state index in [0.29, 0.717) is 36.1 Å². The van der Waals surface area contributed by atoms with E-state index in [-0.39, 0.29) is 11.9 Å². The van der Waals surface area contributed by atoms with Crippen LogP contribution in [0.25, 0.3) is 11.4 Å². The number of rotatable bonds is 9. The summed E-state index contributed by atoms with van der Waals surface area (Å²) >= 11 is 0. The summed E-state index contributed by atoms with van der Waals surface area (Å²) in [6, 6.07) is 8.56. The molecule has 1 aromatic carbocycles. The van der Waals surface area contributed by atoms with Crippen LogP contribution >= 0.6 is 0 Å². The number of nitrogens with one attached hydrogen (secondary N) is 2. The number of carbonyl (C=O) groups excluding carboxylic acids is 1. The molecule has 0 saturated carbocycles. The Kier molecular flexibility index (Phi) is 6.40. The Hall–Kier alpha value is -3.62. The lowest BCUT2D eigenvalue weighted by atomic mass is 10.2. The van der Waals surface area contributed by atoms with Gasteiger partial charge in [0, 0.05) is 23.5 Å². The van der Waals surface area contributed by atoms with Crippen LogP contribution in [0.5, 0.6) is 11.5 Å². The first-order valence-corrected chi connectivity index (χ1v) is 8.91. The number of anilines is 1. The van der Waals surface area contributed by atoms with Crippen molar-refractivity contribution in [3.05, 3.63) is 48.3 Å². The first-order chi connectivity index (χ1) is 13.7. The minimum absolute atomic E-state index is 0.0630. The van der Waals surface area contributed by atoms with Crippen LogP contribution in [0.2, 0.25) is 0 Å². The zero-order valence-electron chi connectivity index (χ0n) is 15.6. The zero-order valence-corrected chi connectivity index (χ0v) is 15.6. The van der Waals surface area contributed by atoms with E-state index >= 15 is 0 Å². The number of hydrazine groups is 1. The first-order valence-electron chi connectivity index (χ1n) is 8.91. The first kappa shape index (κ1) is 19.2. The predicted molar refractivity (Wildman–Crippen MR) is 102 cm³/mol. The highest BCUT2D eigenvalue weighted by Crippen LogP contribution is 2.28. The zero-order chi connectivity index (χ0) is 19.8. The van der Waals surface area contributed by atoms with Crippen molar-refractivity contribution in [1.82, 2.24) is 20.6 Å². The number of nitrogens with zero attached hydrogens (tertiary/aromatic N) is 3. The molecule has 1 amide bonds. The largest absolute Gasteiger partial charge is 0.490 e. The van der Waals surface area contributed by atoms with Gasteiger partial charge in [-0.1, -0.05) is 12.1 Å². The van der Waals surface area contributed by atoms with Crippen molar-refractivity contribution in [3.8, 4) is 22.9 Å². The molecular formula is C19H21N5O4. The van der Waals surface area contributed by atoms with Crippen molar-refractivity contribution < 1.29 is 18.8 Å². The summed E-state index contributed by atoms with van der Waals surface area (Å²) < 4.78 is 16.3. The van der Waals surface area contributed by atoms with Gasteiger partial charge in [0.05, 0.1) is 13.2 Å². The van der Waals surface area contributed by atoms with Crippen LogP contribution in [0.4, 0.5) is 6.01 Å². The molecule has 3 rings (SSSR count). The molecule has 0 fully saturated rings. The van der Waals surface area contributed by atoms with E-state index < -0.39 is 0 Å². The Morgan fingerprint density at radius 3 is 2.68 bits per heavy atom. The monoisotopic (exact) mass is 383 g/mol. The summed E-state index contributed by atoms with van der Waals surface area (Å²) in [5.74, 6) is 1.12. The maximum Gasteiger partial charge on any atom is 0.340 e. The molecular weight excluding hydrogens is 362 g/mol. The summed E-state index contributed by atoms with van der Waals surface area (Å²) in [5, 5.41) is 3.85. The van der Waals surface area contributed by atoms with Gasteiger partial charge in [-0.05, 0) is 43.7 Å². The standard InChI is InChI=1S/C19H21N5O4/c1-3-11-27-15-6-5-14(12-16(15)26-4-2)18(25)22-23-19-21-17(24-28-19)13-7-9-20-10-8-13/h5-10,12H,3-4,11H2,1-2H3,(H,22,25)(H,21,23,24). The summed E-state index contributed by atoms with van der Waals surface area (Å²) in [4.78, 5) is 20.5. The van der Waals surface area contributed by atoms with E-state index in [4.69, 9.17) is 14.0 Å². The predicted octanol–water partition coefficient (Wildman–Crippen LogP) is 3.08. The average molecular weight is 383 g/mol. The van der Waals surface area contributed by atoms with Gasteiger partial charge >= 0.3 is 6.01 Å². The summed E-state index contributed by atoms with van der Waals surface area (Å²) in [5.41, 5.74) is 6.27. The molecule has 0 aliphatic rings. The molecule has 9 heteroatoms. The normalized spacial score (nSPS) is 10.4. The fourth-order valence-corrected chi connectivity index (χ4v) is 2.32. The van der Waals surface area contributed by atoms with Crippen molar-refractivity contribution in [2.75, 3.05) is 18.6 Å². The Morgan fingerprint density at radius 1 is 1.11 bits per heavy atom. The SMILES string of the molecule is CCCOc1ccc(C(=O)NNc2nc(-c3ccncc3)no2)cc1OCC. The van der Waals surface area contributed by atoms with Gasteiger partial charge in [-0.25, -0.2) is 5.43 Å². The molecule has 2 heterocycles. The number of amides is 1. The fraction of sp³-hybridized carbons (Fsp3) is 0.263. The molecule has 9 nitrogen and oxygen atoms in total. The minimum Gasteiger partial charge on any atom is -0.490 e. The number of hydrogen-bond acceptors (Lipinski definition) is 8. The number of aromatic nitrogens is 3. The van der Waals surface area contributed by atoms with E-state index in [1.807, 2.05) is 13.8 Å². The number of hydrogen-bond donors (Lipinski definition) is 2. The molecule has 0 saturated heterocycles. The van der Waals surface area contributed by atoms with Crippen molar-refractivity contribution >= 4 is 11.9 Å². The average Bonchev–Trinajstić information content (AvgIpc) is 3.21.